The number of aryl methyl sites for hydroxylation is 1. The summed E-state index contributed by atoms with van der Waals surface area (Å²) >= 11 is 0. The smallest absolute Gasteiger partial charge is 0.264 e. The predicted molar refractivity (Wildman–Crippen MR) is 160 cm³/mol. The Morgan fingerprint density at radius 1 is 0.902 bits per heavy atom. The number of anilines is 1. The van der Waals surface area contributed by atoms with Gasteiger partial charge in [0, 0.05) is 18.7 Å². The molecule has 41 heavy (non-hydrogen) atoms. The van der Waals surface area contributed by atoms with Crippen molar-refractivity contribution in [3.8, 4) is 11.5 Å². The molecule has 1 N–H and O–H groups in total. The Bertz CT molecular complexity index is 1450. The number of nitrogens with zero attached hydrogens (tertiary/aromatic N) is 2. The number of para-hydroxylation sites is 1. The van der Waals surface area contributed by atoms with Crippen molar-refractivity contribution in [2.45, 2.75) is 57.6 Å². The van der Waals surface area contributed by atoms with Gasteiger partial charge in [-0.3, -0.25) is 13.9 Å². The van der Waals surface area contributed by atoms with E-state index in [4.69, 9.17) is 9.47 Å². The van der Waals surface area contributed by atoms with Gasteiger partial charge in [0.25, 0.3) is 10.0 Å². The summed E-state index contributed by atoms with van der Waals surface area (Å²) in [4.78, 5) is 28.5. The van der Waals surface area contributed by atoms with Crippen LogP contribution >= 0.6 is 0 Å². The maximum Gasteiger partial charge on any atom is 0.264 e. The molecule has 0 aliphatic carbocycles. The summed E-state index contributed by atoms with van der Waals surface area (Å²) in [7, 11) is -1.36. The molecule has 0 heterocycles. The summed E-state index contributed by atoms with van der Waals surface area (Å²) in [6, 6.07) is 19.4. The Morgan fingerprint density at radius 3 is 2.20 bits per heavy atom. The van der Waals surface area contributed by atoms with E-state index in [1.165, 1.54) is 37.3 Å². The van der Waals surface area contributed by atoms with E-state index in [9.17, 15) is 18.0 Å². The van der Waals surface area contributed by atoms with E-state index < -0.39 is 28.5 Å². The lowest BCUT2D eigenvalue weighted by molar-refractivity contribution is -0.139. The molecule has 0 saturated carbocycles. The maximum atomic E-state index is 14.0. The molecule has 0 aliphatic heterocycles. The Kier molecular flexibility index (Phi) is 10.8. The van der Waals surface area contributed by atoms with Crippen molar-refractivity contribution in [3.05, 3.63) is 83.9 Å². The SMILES string of the molecule is CCC(C)NC(=O)C(C)N(Cc1cccc(C)c1)C(=O)CN(c1ccccc1)S(=O)(=O)c1ccc(OC)c(OC)c1. The average molecular weight is 582 g/mol. The third kappa shape index (κ3) is 7.79. The van der Waals surface area contributed by atoms with Gasteiger partial charge in [-0.15, -0.1) is 0 Å². The van der Waals surface area contributed by atoms with Crippen LogP contribution < -0.4 is 19.1 Å². The van der Waals surface area contributed by atoms with Crippen molar-refractivity contribution in [2.24, 2.45) is 0 Å². The Morgan fingerprint density at radius 2 is 1.59 bits per heavy atom. The first-order valence-corrected chi connectivity index (χ1v) is 14.9. The lowest BCUT2D eigenvalue weighted by atomic mass is 10.1. The Labute approximate surface area is 243 Å². The van der Waals surface area contributed by atoms with Crippen molar-refractivity contribution < 1.29 is 27.5 Å². The quantitative estimate of drug-likeness (QED) is 0.318. The van der Waals surface area contributed by atoms with E-state index in [-0.39, 0.29) is 29.1 Å². The molecule has 2 atom stereocenters. The second kappa shape index (κ2) is 14.0. The first-order chi connectivity index (χ1) is 19.5. The molecule has 3 aromatic rings. The van der Waals surface area contributed by atoms with Crippen molar-refractivity contribution >= 4 is 27.5 Å². The van der Waals surface area contributed by atoms with Crippen LogP contribution in [0.5, 0.6) is 11.5 Å². The van der Waals surface area contributed by atoms with Gasteiger partial charge in [-0.05, 0) is 57.0 Å². The van der Waals surface area contributed by atoms with Crippen molar-refractivity contribution in [2.75, 3.05) is 25.1 Å². The largest absolute Gasteiger partial charge is 0.493 e. The highest BCUT2D eigenvalue weighted by Crippen LogP contribution is 2.32. The summed E-state index contributed by atoms with van der Waals surface area (Å²) in [5, 5.41) is 2.94. The van der Waals surface area contributed by atoms with Gasteiger partial charge >= 0.3 is 0 Å². The van der Waals surface area contributed by atoms with Gasteiger partial charge in [-0.2, -0.15) is 0 Å². The van der Waals surface area contributed by atoms with Crippen LogP contribution in [0.15, 0.2) is 77.7 Å². The fraction of sp³-hybridized carbons (Fsp3) is 0.355. The van der Waals surface area contributed by atoms with Gasteiger partial charge in [0.2, 0.25) is 11.8 Å². The fourth-order valence-electron chi connectivity index (χ4n) is 4.28. The van der Waals surface area contributed by atoms with Crippen molar-refractivity contribution in [1.82, 2.24) is 10.2 Å². The molecule has 3 rings (SSSR count). The van der Waals surface area contributed by atoms with Crippen LogP contribution in [0.2, 0.25) is 0 Å². The molecule has 0 spiro atoms. The fourth-order valence-corrected chi connectivity index (χ4v) is 5.71. The predicted octanol–water partition coefficient (Wildman–Crippen LogP) is 4.54. The second-order valence-corrected chi connectivity index (χ2v) is 11.7. The summed E-state index contributed by atoms with van der Waals surface area (Å²) < 4.78 is 39.7. The molecule has 0 aliphatic rings. The van der Waals surface area contributed by atoms with Crippen LogP contribution in [0.25, 0.3) is 0 Å². The van der Waals surface area contributed by atoms with Gasteiger partial charge < -0.3 is 19.7 Å². The summed E-state index contributed by atoms with van der Waals surface area (Å²) in [5.74, 6) is -0.218. The molecule has 3 aromatic carbocycles. The minimum absolute atomic E-state index is 0.0698. The number of amides is 2. The molecular weight excluding hydrogens is 542 g/mol. The monoisotopic (exact) mass is 581 g/mol. The van der Waals surface area contributed by atoms with Gasteiger partial charge in [0.05, 0.1) is 24.8 Å². The number of hydrogen-bond donors (Lipinski definition) is 1. The van der Waals surface area contributed by atoms with Gasteiger partial charge in [-0.25, -0.2) is 8.42 Å². The highest BCUT2D eigenvalue weighted by Gasteiger charge is 2.33. The molecule has 0 fully saturated rings. The van der Waals surface area contributed by atoms with Crippen molar-refractivity contribution in [3.63, 3.8) is 0 Å². The number of benzene rings is 3. The van der Waals surface area contributed by atoms with Crippen LogP contribution in [0, 0.1) is 6.92 Å². The second-order valence-electron chi connectivity index (χ2n) is 9.87. The lowest BCUT2D eigenvalue weighted by Crippen LogP contribution is -2.52. The summed E-state index contributed by atoms with van der Waals surface area (Å²) in [5.41, 5.74) is 2.15. The van der Waals surface area contributed by atoms with Crippen LogP contribution in [0.1, 0.15) is 38.3 Å². The number of nitrogens with one attached hydrogen (secondary N) is 1. The molecular formula is C31H39N3O6S. The maximum absolute atomic E-state index is 14.0. The third-order valence-corrected chi connectivity index (χ3v) is 8.64. The van der Waals surface area contributed by atoms with E-state index >= 15 is 0 Å². The first kappa shape index (κ1) is 31.5. The zero-order valence-corrected chi connectivity index (χ0v) is 25.3. The Hall–Kier alpha value is -4.05. The molecule has 9 nitrogen and oxygen atoms in total. The molecule has 2 amide bonds. The lowest BCUT2D eigenvalue weighted by Gasteiger charge is -2.32. The Balaban J connectivity index is 2.04. The molecule has 220 valence electrons. The number of hydrogen-bond acceptors (Lipinski definition) is 6. The average Bonchev–Trinajstić information content (AvgIpc) is 2.97. The number of sulfonamides is 1. The number of carbonyl (C=O) groups excluding carboxylic acids is 2. The van der Waals surface area contributed by atoms with Crippen LogP contribution in [0.3, 0.4) is 0 Å². The van der Waals surface area contributed by atoms with E-state index in [1.807, 2.05) is 45.0 Å². The van der Waals surface area contributed by atoms with E-state index in [1.54, 1.807) is 37.3 Å². The van der Waals surface area contributed by atoms with Crippen LogP contribution in [-0.2, 0) is 26.2 Å². The minimum atomic E-state index is -4.24. The minimum Gasteiger partial charge on any atom is -0.493 e. The zero-order chi connectivity index (χ0) is 30.2. The molecule has 10 heteroatoms. The highest BCUT2D eigenvalue weighted by atomic mass is 32.2. The van der Waals surface area contributed by atoms with E-state index in [0.717, 1.165) is 21.9 Å². The van der Waals surface area contributed by atoms with Gasteiger partial charge in [0.1, 0.15) is 12.6 Å². The third-order valence-electron chi connectivity index (χ3n) is 6.87. The normalized spacial score (nSPS) is 12.6. The van der Waals surface area contributed by atoms with Crippen LogP contribution in [-0.4, -0.2) is 58.0 Å². The van der Waals surface area contributed by atoms with E-state index in [2.05, 4.69) is 5.32 Å². The highest BCUT2D eigenvalue weighted by molar-refractivity contribution is 7.92. The number of rotatable bonds is 13. The topological polar surface area (TPSA) is 105 Å². The molecule has 0 radical (unpaired) electrons. The standard InChI is InChI=1S/C31H39N3O6S/c1-7-23(3)32-31(36)24(4)33(20-25-13-11-12-22(2)18-25)30(35)21-34(26-14-9-8-10-15-26)41(37,38)27-16-17-28(39-5)29(19-27)40-6/h8-19,23-24H,7,20-21H2,1-6H3,(H,32,36). The molecule has 0 saturated heterocycles. The molecule has 2 unspecified atom stereocenters. The molecule has 0 bridgehead atoms. The summed E-state index contributed by atoms with van der Waals surface area (Å²) in [6.07, 6.45) is 0.732. The van der Waals surface area contributed by atoms with E-state index in [0.29, 0.717) is 11.4 Å². The zero-order valence-electron chi connectivity index (χ0n) is 24.5. The van der Waals surface area contributed by atoms with Crippen molar-refractivity contribution in [1.29, 1.82) is 0 Å². The van der Waals surface area contributed by atoms with Gasteiger partial charge in [-0.1, -0.05) is 55.0 Å². The number of carbonyl (C=O) groups is 2. The van der Waals surface area contributed by atoms with Crippen LogP contribution in [0.4, 0.5) is 5.69 Å². The van der Waals surface area contributed by atoms with Gasteiger partial charge in [0.15, 0.2) is 11.5 Å². The first-order valence-electron chi connectivity index (χ1n) is 13.5. The number of ether oxygens (including phenoxy) is 2. The summed E-state index contributed by atoms with van der Waals surface area (Å²) in [6.45, 7) is 7.07. The molecule has 0 aromatic heterocycles. The number of methoxy groups -OCH3 is 2.